The molecule has 1 rings (SSSR count). The molecule has 0 amide bonds. The minimum absolute atomic E-state index is 0.762. The highest BCUT2D eigenvalue weighted by Crippen LogP contribution is 1.85. The van der Waals surface area contributed by atoms with Crippen molar-refractivity contribution in [2.45, 2.75) is 6.55 Å². The molecule has 1 aromatic rings. The van der Waals surface area contributed by atoms with Crippen LogP contribution in [0, 0.1) is 0 Å². The maximum Gasteiger partial charge on any atom is 0.0820 e. The second-order valence-electron chi connectivity index (χ2n) is 2.55. The summed E-state index contributed by atoms with van der Waals surface area (Å²) in [5, 5.41) is 1.46. The van der Waals surface area contributed by atoms with E-state index in [0.717, 1.165) is 6.17 Å². The second kappa shape index (κ2) is 3.54. The predicted molar refractivity (Wildman–Crippen MR) is 48.1 cm³/mol. The number of nitrogens with two attached hydrogens (primary N) is 1. The van der Waals surface area contributed by atoms with Gasteiger partial charge in [0.1, 0.15) is 0 Å². The van der Waals surface area contributed by atoms with Gasteiger partial charge < -0.3 is 5.73 Å². The Morgan fingerprint density at radius 3 is 2.40 bits per heavy atom. The monoisotopic (exact) mass is 151 g/mol. The Balaban J connectivity index is 2.75. The zero-order valence-corrected chi connectivity index (χ0v) is 7.40. The number of hydrogen-bond donors (Lipinski definition) is 1. The first kappa shape index (κ1) is 7.50. The van der Waals surface area contributed by atoms with Crippen LogP contribution in [0.25, 0.3) is 0 Å². The van der Waals surface area contributed by atoms with Gasteiger partial charge in [-0.3, -0.25) is 0 Å². The number of rotatable bonds is 2. The first-order chi connectivity index (χ1) is 4.84. The molecule has 0 aromatic heterocycles. The molecule has 2 N–H and O–H groups in total. The summed E-state index contributed by atoms with van der Waals surface area (Å²) in [7, 11) is -0.762. The third kappa shape index (κ3) is 1.69. The van der Waals surface area contributed by atoms with Crippen LogP contribution in [0.5, 0.6) is 0 Å². The molecular formula is C8H13NSi. The summed E-state index contributed by atoms with van der Waals surface area (Å²) >= 11 is 0. The smallest absolute Gasteiger partial charge is 0.0820 e. The Hall–Kier alpha value is -0.603. The number of hydrogen-bond acceptors (Lipinski definition) is 1. The molecule has 10 heavy (non-hydrogen) atoms. The first-order valence-corrected chi connectivity index (χ1v) is 6.14. The van der Waals surface area contributed by atoms with Gasteiger partial charge in [0.05, 0.1) is 8.80 Å². The Bertz CT molecular complexity index is 186. The molecule has 0 aliphatic heterocycles. The maximum atomic E-state index is 5.57. The summed E-state index contributed by atoms with van der Waals surface area (Å²) in [5.41, 5.74) is 5.57. The summed E-state index contributed by atoms with van der Waals surface area (Å²) in [4.78, 5) is 0. The van der Waals surface area contributed by atoms with Gasteiger partial charge in [0.25, 0.3) is 0 Å². The van der Waals surface area contributed by atoms with Crippen molar-refractivity contribution in [2.24, 2.45) is 5.73 Å². The average molecular weight is 151 g/mol. The first-order valence-electron chi connectivity index (χ1n) is 3.59. The third-order valence-electron chi connectivity index (χ3n) is 1.72. The van der Waals surface area contributed by atoms with E-state index in [-0.39, 0.29) is 0 Å². The standard InChI is InChI=1S/C8H13NSi/c1-10(7-9)8-5-3-2-4-6-8/h2-6,10H,7,9H2,1H3. The molecule has 0 spiro atoms. The van der Waals surface area contributed by atoms with Crippen LogP contribution in [-0.2, 0) is 0 Å². The van der Waals surface area contributed by atoms with Gasteiger partial charge in [0, 0.05) is 0 Å². The van der Waals surface area contributed by atoms with E-state index in [2.05, 4.69) is 30.8 Å². The van der Waals surface area contributed by atoms with E-state index in [1.165, 1.54) is 5.19 Å². The van der Waals surface area contributed by atoms with Crippen molar-refractivity contribution < 1.29 is 0 Å². The Morgan fingerprint density at radius 1 is 1.30 bits per heavy atom. The third-order valence-corrected chi connectivity index (χ3v) is 3.95. The molecule has 0 aliphatic rings. The molecule has 0 aliphatic carbocycles. The van der Waals surface area contributed by atoms with Gasteiger partial charge in [-0.25, -0.2) is 0 Å². The van der Waals surface area contributed by atoms with Gasteiger partial charge in [0.15, 0.2) is 0 Å². The van der Waals surface area contributed by atoms with Crippen LogP contribution in [-0.4, -0.2) is 15.0 Å². The summed E-state index contributed by atoms with van der Waals surface area (Å²) in [5.74, 6) is 0. The fraction of sp³-hybridized carbons (Fsp3) is 0.250. The van der Waals surface area contributed by atoms with Crippen molar-refractivity contribution in [3.05, 3.63) is 30.3 Å². The van der Waals surface area contributed by atoms with Crippen molar-refractivity contribution in [3.8, 4) is 0 Å². The fourth-order valence-corrected chi connectivity index (χ4v) is 2.07. The highest BCUT2D eigenvalue weighted by molar-refractivity contribution is 6.72. The minimum atomic E-state index is -0.762. The zero-order chi connectivity index (χ0) is 7.40. The van der Waals surface area contributed by atoms with Gasteiger partial charge in [-0.05, 0) is 6.17 Å². The lowest BCUT2D eigenvalue weighted by atomic mass is 10.4. The van der Waals surface area contributed by atoms with Crippen LogP contribution >= 0.6 is 0 Å². The highest BCUT2D eigenvalue weighted by atomic mass is 28.3. The molecule has 54 valence electrons. The fourth-order valence-electron chi connectivity index (χ4n) is 0.918. The highest BCUT2D eigenvalue weighted by Gasteiger charge is 2.01. The van der Waals surface area contributed by atoms with Crippen molar-refractivity contribution in [2.75, 3.05) is 6.17 Å². The van der Waals surface area contributed by atoms with Crippen LogP contribution in [0.2, 0.25) is 6.55 Å². The quantitative estimate of drug-likeness (QED) is 0.602. The van der Waals surface area contributed by atoms with E-state index in [1.54, 1.807) is 0 Å². The van der Waals surface area contributed by atoms with Crippen LogP contribution in [0.4, 0.5) is 0 Å². The van der Waals surface area contributed by atoms with E-state index < -0.39 is 8.80 Å². The van der Waals surface area contributed by atoms with Crippen LogP contribution in [0.15, 0.2) is 30.3 Å². The molecule has 0 heterocycles. The molecule has 1 unspecified atom stereocenters. The maximum absolute atomic E-state index is 5.57. The molecule has 0 saturated heterocycles. The molecule has 1 aromatic carbocycles. The lowest BCUT2D eigenvalue weighted by molar-refractivity contribution is 1.34. The largest absolute Gasteiger partial charge is 0.333 e. The molecule has 1 nitrogen and oxygen atoms in total. The molecule has 2 heteroatoms. The van der Waals surface area contributed by atoms with E-state index in [0.29, 0.717) is 0 Å². The summed E-state index contributed by atoms with van der Waals surface area (Å²) in [6.07, 6.45) is 0.865. The van der Waals surface area contributed by atoms with Crippen LogP contribution < -0.4 is 10.9 Å². The van der Waals surface area contributed by atoms with Gasteiger partial charge in [-0.1, -0.05) is 42.1 Å². The molecule has 0 radical (unpaired) electrons. The van der Waals surface area contributed by atoms with E-state index in [1.807, 2.05) is 6.07 Å². The van der Waals surface area contributed by atoms with Crippen molar-refractivity contribution in [3.63, 3.8) is 0 Å². The van der Waals surface area contributed by atoms with Crippen molar-refractivity contribution >= 4 is 14.0 Å². The Morgan fingerprint density at radius 2 is 1.90 bits per heavy atom. The van der Waals surface area contributed by atoms with Crippen LogP contribution in [0.3, 0.4) is 0 Å². The molecule has 0 fully saturated rings. The average Bonchev–Trinajstić information content (AvgIpc) is 2.05. The van der Waals surface area contributed by atoms with E-state index >= 15 is 0 Å². The second-order valence-corrected chi connectivity index (χ2v) is 5.49. The molecular weight excluding hydrogens is 138 g/mol. The topological polar surface area (TPSA) is 26.0 Å². The minimum Gasteiger partial charge on any atom is -0.333 e. The van der Waals surface area contributed by atoms with Gasteiger partial charge in [0.2, 0.25) is 0 Å². The zero-order valence-electron chi connectivity index (χ0n) is 6.25. The SMILES string of the molecule is C[SiH](CN)c1ccccc1. The lowest BCUT2D eigenvalue weighted by Gasteiger charge is -2.04. The normalized spacial score (nSPS) is 13.0. The summed E-state index contributed by atoms with van der Waals surface area (Å²) in [6.45, 7) is 2.27. The number of benzene rings is 1. The summed E-state index contributed by atoms with van der Waals surface area (Å²) < 4.78 is 0. The van der Waals surface area contributed by atoms with E-state index in [9.17, 15) is 0 Å². The van der Waals surface area contributed by atoms with E-state index in [4.69, 9.17) is 5.73 Å². The van der Waals surface area contributed by atoms with Gasteiger partial charge >= 0.3 is 0 Å². The van der Waals surface area contributed by atoms with Gasteiger partial charge in [-0.15, -0.1) is 0 Å². The van der Waals surface area contributed by atoms with Crippen molar-refractivity contribution in [1.29, 1.82) is 0 Å². The van der Waals surface area contributed by atoms with Crippen LogP contribution in [0.1, 0.15) is 0 Å². The van der Waals surface area contributed by atoms with Gasteiger partial charge in [-0.2, -0.15) is 0 Å². The Labute approximate surface area is 63.5 Å². The molecule has 1 atom stereocenters. The summed E-state index contributed by atoms with van der Waals surface area (Å²) in [6, 6.07) is 10.5. The van der Waals surface area contributed by atoms with Crippen molar-refractivity contribution in [1.82, 2.24) is 0 Å². The predicted octanol–water partition coefficient (Wildman–Crippen LogP) is 0.248. The molecule has 0 bridgehead atoms. The molecule has 0 saturated carbocycles. The lowest BCUT2D eigenvalue weighted by Crippen LogP contribution is -2.34. The Kier molecular flexibility index (Phi) is 2.65.